The van der Waals surface area contributed by atoms with Crippen molar-refractivity contribution in [1.29, 1.82) is 0 Å². The highest BCUT2D eigenvalue weighted by Crippen LogP contribution is 2.05. The molecule has 3 nitrogen and oxygen atoms in total. The fraction of sp³-hybridized carbons (Fsp3) is 1.00. The van der Waals surface area contributed by atoms with E-state index in [9.17, 15) is 0 Å². The predicted octanol–water partition coefficient (Wildman–Crippen LogP) is 1.51. The zero-order chi connectivity index (χ0) is 9.23. The van der Waals surface area contributed by atoms with Gasteiger partial charge in [0.2, 0.25) is 0 Å². The standard InChI is InChI=1S/C9H21NO2/c1-3-11-9(12-4-2)7-5-6-8-10/h9H,3-8,10H2,1-2H3. The summed E-state index contributed by atoms with van der Waals surface area (Å²) in [6, 6.07) is 0. The topological polar surface area (TPSA) is 44.5 Å². The quantitative estimate of drug-likeness (QED) is 0.449. The number of rotatable bonds is 8. The molecule has 0 aromatic rings. The Balaban J connectivity index is 3.34. The molecule has 0 aliphatic heterocycles. The van der Waals surface area contributed by atoms with E-state index in [1.165, 1.54) is 0 Å². The van der Waals surface area contributed by atoms with Gasteiger partial charge in [0.25, 0.3) is 0 Å². The van der Waals surface area contributed by atoms with Crippen molar-refractivity contribution in [2.45, 2.75) is 39.4 Å². The molecule has 0 aromatic carbocycles. The molecule has 0 aliphatic carbocycles. The largest absolute Gasteiger partial charge is 0.353 e. The first-order valence-corrected chi connectivity index (χ1v) is 4.78. The highest BCUT2D eigenvalue weighted by molar-refractivity contribution is 4.47. The molecule has 0 saturated carbocycles. The Morgan fingerprint density at radius 3 is 2.08 bits per heavy atom. The first kappa shape index (κ1) is 11.9. The summed E-state index contributed by atoms with van der Waals surface area (Å²) < 4.78 is 10.7. The fourth-order valence-corrected chi connectivity index (χ4v) is 1.04. The molecule has 74 valence electrons. The fourth-order valence-electron chi connectivity index (χ4n) is 1.04. The van der Waals surface area contributed by atoms with Crippen LogP contribution in [0.25, 0.3) is 0 Å². The Bertz CT molecular complexity index is 82.6. The molecule has 0 fully saturated rings. The smallest absolute Gasteiger partial charge is 0.157 e. The number of nitrogens with two attached hydrogens (primary N) is 1. The molecule has 0 aliphatic rings. The van der Waals surface area contributed by atoms with Gasteiger partial charge in [-0.05, 0) is 39.7 Å². The maximum atomic E-state index is 5.38. The van der Waals surface area contributed by atoms with Gasteiger partial charge in [0, 0.05) is 13.2 Å². The summed E-state index contributed by atoms with van der Waals surface area (Å²) in [4.78, 5) is 0. The maximum absolute atomic E-state index is 5.38. The van der Waals surface area contributed by atoms with Gasteiger partial charge in [0.15, 0.2) is 6.29 Å². The van der Waals surface area contributed by atoms with Crippen molar-refractivity contribution in [2.24, 2.45) is 5.73 Å². The van der Waals surface area contributed by atoms with E-state index >= 15 is 0 Å². The second kappa shape index (κ2) is 8.97. The van der Waals surface area contributed by atoms with E-state index in [4.69, 9.17) is 15.2 Å². The van der Waals surface area contributed by atoms with Crippen LogP contribution in [0.1, 0.15) is 33.1 Å². The van der Waals surface area contributed by atoms with Crippen LogP contribution in [0, 0.1) is 0 Å². The second-order valence-electron chi connectivity index (χ2n) is 2.62. The predicted molar refractivity (Wildman–Crippen MR) is 49.9 cm³/mol. The molecule has 0 heterocycles. The third-order valence-electron chi connectivity index (χ3n) is 1.60. The molecule has 0 aromatic heterocycles. The summed E-state index contributed by atoms with van der Waals surface area (Å²) in [5.74, 6) is 0. The molecule has 3 heteroatoms. The minimum atomic E-state index is -0.0217. The van der Waals surface area contributed by atoms with Gasteiger partial charge in [0.1, 0.15) is 0 Å². The lowest BCUT2D eigenvalue weighted by Crippen LogP contribution is -2.17. The van der Waals surface area contributed by atoms with Gasteiger partial charge in [-0.1, -0.05) is 0 Å². The van der Waals surface area contributed by atoms with Crippen LogP contribution in [0.2, 0.25) is 0 Å². The third-order valence-corrected chi connectivity index (χ3v) is 1.60. The summed E-state index contributed by atoms with van der Waals surface area (Å²) >= 11 is 0. The van der Waals surface area contributed by atoms with Crippen LogP contribution in [0.4, 0.5) is 0 Å². The minimum Gasteiger partial charge on any atom is -0.353 e. The van der Waals surface area contributed by atoms with Crippen molar-refractivity contribution in [3.05, 3.63) is 0 Å². The third kappa shape index (κ3) is 6.58. The summed E-state index contributed by atoms with van der Waals surface area (Å²) in [5.41, 5.74) is 5.38. The van der Waals surface area contributed by atoms with E-state index < -0.39 is 0 Å². The lowest BCUT2D eigenvalue weighted by Gasteiger charge is -2.16. The van der Waals surface area contributed by atoms with E-state index in [0.717, 1.165) is 25.8 Å². The van der Waals surface area contributed by atoms with Gasteiger partial charge in [0.05, 0.1) is 0 Å². The summed E-state index contributed by atoms with van der Waals surface area (Å²) in [6.07, 6.45) is 3.07. The monoisotopic (exact) mass is 175 g/mol. The first-order chi connectivity index (χ1) is 5.85. The average molecular weight is 175 g/mol. The van der Waals surface area contributed by atoms with Crippen molar-refractivity contribution in [3.8, 4) is 0 Å². The summed E-state index contributed by atoms with van der Waals surface area (Å²) in [6.45, 7) is 6.15. The minimum absolute atomic E-state index is 0.0217. The molecular weight excluding hydrogens is 154 g/mol. The van der Waals surface area contributed by atoms with Gasteiger partial charge < -0.3 is 15.2 Å². The second-order valence-corrected chi connectivity index (χ2v) is 2.62. The van der Waals surface area contributed by atoms with E-state index in [-0.39, 0.29) is 6.29 Å². The van der Waals surface area contributed by atoms with Crippen molar-refractivity contribution in [2.75, 3.05) is 19.8 Å². The van der Waals surface area contributed by atoms with Crippen LogP contribution in [0.3, 0.4) is 0 Å². The van der Waals surface area contributed by atoms with Gasteiger partial charge in [-0.25, -0.2) is 0 Å². The number of unbranched alkanes of at least 4 members (excludes halogenated alkanes) is 1. The van der Waals surface area contributed by atoms with E-state index in [2.05, 4.69) is 0 Å². The molecule has 0 amide bonds. The molecular formula is C9H21NO2. The van der Waals surface area contributed by atoms with Crippen LogP contribution < -0.4 is 5.73 Å². The molecule has 0 atom stereocenters. The highest BCUT2D eigenvalue weighted by atomic mass is 16.7. The number of ether oxygens (including phenoxy) is 2. The van der Waals surface area contributed by atoms with E-state index in [1.54, 1.807) is 0 Å². The van der Waals surface area contributed by atoms with Crippen molar-refractivity contribution in [1.82, 2.24) is 0 Å². The van der Waals surface area contributed by atoms with Crippen molar-refractivity contribution < 1.29 is 9.47 Å². The van der Waals surface area contributed by atoms with E-state index in [0.29, 0.717) is 13.2 Å². The SMILES string of the molecule is CCOC(CCCCN)OCC. The average Bonchev–Trinajstić information content (AvgIpc) is 2.06. The summed E-state index contributed by atoms with van der Waals surface area (Å²) in [7, 11) is 0. The zero-order valence-electron chi connectivity index (χ0n) is 8.21. The molecule has 0 spiro atoms. The van der Waals surface area contributed by atoms with Crippen molar-refractivity contribution in [3.63, 3.8) is 0 Å². The Hall–Kier alpha value is -0.120. The van der Waals surface area contributed by atoms with Gasteiger partial charge in [-0.3, -0.25) is 0 Å². The van der Waals surface area contributed by atoms with Gasteiger partial charge in [-0.2, -0.15) is 0 Å². The molecule has 0 rings (SSSR count). The van der Waals surface area contributed by atoms with Gasteiger partial charge >= 0.3 is 0 Å². The Morgan fingerprint density at radius 2 is 1.67 bits per heavy atom. The Morgan fingerprint density at radius 1 is 1.08 bits per heavy atom. The normalized spacial score (nSPS) is 11.0. The molecule has 0 saturated heterocycles. The molecule has 0 unspecified atom stereocenters. The first-order valence-electron chi connectivity index (χ1n) is 4.78. The van der Waals surface area contributed by atoms with Crippen LogP contribution in [0.5, 0.6) is 0 Å². The Kier molecular flexibility index (Phi) is 8.88. The Labute approximate surface area is 75.2 Å². The van der Waals surface area contributed by atoms with Crippen molar-refractivity contribution >= 4 is 0 Å². The summed E-state index contributed by atoms with van der Waals surface area (Å²) in [5, 5.41) is 0. The lowest BCUT2D eigenvalue weighted by molar-refractivity contribution is -0.140. The van der Waals surface area contributed by atoms with Gasteiger partial charge in [-0.15, -0.1) is 0 Å². The van der Waals surface area contributed by atoms with Crippen LogP contribution in [-0.2, 0) is 9.47 Å². The molecule has 2 N–H and O–H groups in total. The highest BCUT2D eigenvalue weighted by Gasteiger charge is 2.05. The number of hydrogen-bond donors (Lipinski definition) is 1. The maximum Gasteiger partial charge on any atom is 0.157 e. The molecule has 0 bridgehead atoms. The van der Waals surface area contributed by atoms with Crippen LogP contribution >= 0.6 is 0 Å². The zero-order valence-corrected chi connectivity index (χ0v) is 8.21. The number of hydrogen-bond acceptors (Lipinski definition) is 3. The van der Waals surface area contributed by atoms with Crippen LogP contribution in [0.15, 0.2) is 0 Å². The molecule has 12 heavy (non-hydrogen) atoms. The lowest BCUT2D eigenvalue weighted by atomic mass is 10.2. The van der Waals surface area contributed by atoms with Crippen LogP contribution in [-0.4, -0.2) is 26.0 Å². The molecule has 0 radical (unpaired) electrons. The van der Waals surface area contributed by atoms with E-state index in [1.807, 2.05) is 13.8 Å².